The summed E-state index contributed by atoms with van der Waals surface area (Å²) < 4.78 is 5.65. The van der Waals surface area contributed by atoms with Gasteiger partial charge < -0.3 is 38.2 Å². The summed E-state index contributed by atoms with van der Waals surface area (Å²) in [6.07, 6.45) is 3.07. The second-order valence-corrected chi connectivity index (χ2v) is 7.03. The molecule has 0 radical (unpaired) electrons. The Labute approximate surface area is 198 Å². The highest BCUT2D eigenvalue weighted by Crippen LogP contribution is 2.26. The van der Waals surface area contributed by atoms with Crippen LogP contribution in [0.2, 0.25) is 5.02 Å². The second kappa shape index (κ2) is 16.7. The first-order valence-corrected chi connectivity index (χ1v) is 10.2. The quantitative estimate of drug-likeness (QED) is 0.0724. The standard InChI is InChI=1S/C19H31ClN8O3.ClH/c20-14-11-13(5-6-16(14)31-10-4-3-9-27-19(23)24)12-15(28-30)17(29)25-7-1-2-8-26-18(21)22;/h5-6,11,30H,1-4,7-10,12H2,(H,25,29)(H4,21,22,26)(H4,23,24,27);1H/b28-15+;. The zero-order valence-corrected chi connectivity index (χ0v) is 19.4. The van der Waals surface area contributed by atoms with E-state index in [0.717, 1.165) is 19.3 Å². The molecular formula is C19H32Cl2N8O3. The fourth-order valence-corrected chi connectivity index (χ4v) is 2.74. The minimum absolute atomic E-state index is 0. The number of unbranched alkanes of at least 4 members (excludes halogenated alkanes) is 2. The van der Waals surface area contributed by atoms with Crippen molar-refractivity contribution in [2.75, 3.05) is 26.2 Å². The van der Waals surface area contributed by atoms with Crippen molar-refractivity contribution in [3.63, 3.8) is 0 Å². The zero-order chi connectivity index (χ0) is 23.1. The fraction of sp³-hybridized carbons (Fsp3) is 0.474. The number of amides is 1. The summed E-state index contributed by atoms with van der Waals surface area (Å²) in [5.74, 6) is 0.181. The van der Waals surface area contributed by atoms with Crippen LogP contribution in [0.5, 0.6) is 5.75 Å². The fourth-order valence-electron chi connectivity index (χ4n) is 2.48. The van der Waals surface area contributed by atoms with Crippen LogP contribution >= 0.6 is 24.0 Å². The second-order valence-electron chi connectivity index (χ2n) is 6.62. The van der Waals surface area contributed by atoms with Gasteiger partial charge in [0.1, 0.15) is 11.5 Å². The Morgan fingerprint density at radius 2 is 1.66 bits per heavy atom. The van der Waals surface area contributed by atoms with Gasteiger partial charge in [-0.2, -0.15) is 0 Å². The van der Waals surface area contributed by atoms with Gasteiger partial charge >= 0.3 is 0 Å². The maximum atomic E-state index is 12.2. The molecule has 11 nitrogen and oxygen atoms in total. The first-order valence-electron chi connectivity index (χ1n) is 9.84. The summed E-state index contributed by atoms with van der Waals surface area (Å²) in [5.41, 5.74) is 21.7. The van der Waals surface area contributed by atoms with E-state index < -0.39 is 5.91 Å². The van der Waals surface area contributed by atoms with E-state index in [-0.39, 0.29) is 36.5 Å². The van der Waals surface area contributed by atoms with E-state index in [9.17, 15) is 10.0 Å². The molecule has 0 unspecified atom stereocenters. The Morgan fingerprint density at radius 3 is 2.22 bits per heavy atom. The molecule has 0 spiro atoms. The lowest BCUT2D eigenvalue weighted by Crippen LogP contribution is -2.33. The van der Waals surface area contributed by atoms with E-state index in [2.05, 4.69) is 20.5 Å². The molecule has 1 aromatic carbocycles. The number of hydrogen-bond acceptors (Lipinski definition) is 6. The number of nitrogens with one attached hydrogen (secondary N) is 1. The van der Waals surface area contributed by atoms with Crippen molar-refractivity contribution in [1.29, 1.82) is 0 Å². The third-order valence-corrected chi connectivity index (χ3v) is 4.32. The molecule has 0 heterocycles. The van der Waals surface area contributed by atoms with Crippen molar-refractivity contribution < 1.29 is 14.7 Å². The Morgan fingerprint density at radius 1 is 1.03 bits per heavy atom. The smallest absolute Gasteiger partial charge is 0.269 e. The van der Waals surface area contributed by atoms with Crippen molar-refractivity contribution >= 4 is 47.5 Å². The van der Waals surface area contributed by atoms with Crippen LogP contribution in [0.4, 0.5) is 0 Å². The van der Waals surface area contributed by atoms with Crippen LogP contribution in [0.3, 0.4) is 0 Å². The number of carbonyl (C=O) groups is 1. The van der Waals surface area contributed by atoms with E-state index in [0.29, 0.717) is 49.0 Å². The number of nitrogens with two attached hydrogens (primary N) is 4. The van der Waals surface area contributed by atoms with E-state index in [1.165, 1.54) is 0 Å². The first-order chi connectivity index (χ1) is 14.8. The highest BCUT2D eigenvalue weighted by atomic mass is 35.5. The van der Waals surface area contributed by atoms with Gasteiger partial charge in [0.25, 0.3) is 5.91 Å². The van der Waals surface area contributed by atoms with E-state index in [4.69, 9.17) is 39.3 Å². The average Bonchev–Trinajstić information content (AvgIpc) is 2.71. The van der Waals surface area contributed by atoms with Crippen LogP contribution in [0.1, 0.15) is 31.2 Å². The van der Waals surface area contributed by atoms with E-state index in [1.54, 1.807) is 18.2 Å². The molecule has 0 saturated carbocycles. The van der Waals surface area contributed by atoms with Gasteiger partial charge in [0.05, 0.1) is 11.6 Å². The summed E-state index contributed by atoms with van der Waals surface area (Å²) in [6.45, 7) is 1.91. The molecule has 0 aliphatic rings. The van der Waals surface area contributed by atoms with Crippen LogP contribution in [-0.4, -0.2) is 55.0 Å². The van der Waals surface area contributed by atoms with Crippen LogP contribution in [0.25, 0.3) is 0 Å². The SMILES string of the molecule is Cl.NC(N)=NCCCCNC(=O)/C(Cc1ccc(OCCCCN=C(N)N)c(Cl)c1)=N/O. The number of rotatable bonds is 14. The van der Waals surface area contributed by atoms with Gasteiger partial charge in [-0.15, -0.1) is 12.4 Å². The van der Waals surface area contributed by atoms with Crippen molar-refractivity contribution in [3.05, 3.63) is 28.8 Å². The summed E-state index contributed by atoms with van der Waals surface area (Å²) in [6, 6.07) is 5.14. The van der Waals surface area contributed by atoms with Gasteiger partial charge in [-0.05, 0) is 43.4 Å². The third kappa shape index (κ3) is 12.7. The van der Waals surface area contributed by atoms with Crippen molar-refractivity contribution in [1.82, 2.24) is 5.32 Å². The van der Waals surface area contributed by atoms with E-state index >= 15 is 0 Å². The maximum Gasteiger partial charge on any atom is 0.269 e. The lowest BCUT2D eigenvalue weighted by Gasteiger charge is -2.10. The summed E-state index contributed by atoms with van der Waals surface area (Å²) in [5, 5.41) is 15.4. The molecule has 0 aliphatic carbocycles. The number of oxime groups is 1. The number of ether oxygens (including phenoxy) is 1. The minimum atomic E-state index is -0.457. The number of hydrogen-bond donors (Lipinski definition) is 6. The first kappa shape index (κ1) is 29.1. The topological polar surface area (TPSA) is 200 Å². The maximum absolute atomic E-state index is 12.2. The lowest BCUT2D eigenvalue weighted by molar-refractivity contribution is -0.115. The van der Waals surface area contributed by atoms with Gasteiger partial charge in [0, 0.05) is 26.1 Å². The van der Waals surface area contributed by atoms with Crippen LogP contribution < -0.4 is 33.0 Å². The number of nitrogens with zero attached hydrogens (tertiary/aromatic N) is 3. The summed E-state index contributed by atoms with van der Waals surface area (Å²) >= 11 is 6.26. The number of aliphatic imine (C=N–C) groups is 2. The highest BCUT2D eigenvalue weighted by molar-refractivity contribution is 6.39. The molecule has 10 N–H and O–H groups in total. The van der Waals surface area contributed by atoms with Crippen LogP contribution in [-0.2, 0) is 11.2 Å². The van der Waals surface area contributed by atoms with Crippen molar-refractivity contribution in [2.24, 2.45) is 38.1 Å². The molecule has 0 bridgehead atoms. The highest BCUT2D eigenvalue weighted by Gasteiger charge is 2.14. The zero-order valence-electron chi connectivity index (χ0n) is 17.8. The molecule has 1 amide bonds. The number of carbonyl (C=O) groups excluding carboxylic acids is 1. The molecule has 1 aromatic rings. The van der Waals surface area contributed by atoms with Crippen LogP contribution in [0, 0.1) is 0 Å². The molecular weight excluding hydrogens is 459 g/mol. The van der Waals surface area contributed by atoms with Gasteiger partial charge in [0.15, 0.2) is 11.9 Å². The monoisotopic (exact) mass is 490 g/mol. The molecule has 1 rings (SSSR count). The van der Waals surface area contributed by atoms with Crippen LogP contribution in [0.15, 0.2) is 33.3 Å². The molecule has 0 fully saturated rings. The summed E-state index contributed by atoms with van der Waals surface area (Å²) in [7, 11) is 0. The minimum Gasteiger partial charge on any atom is -0.492 e. The third-order valence-electron chi connectivity index (χ3n) is 4.02. The largest absolute Gasteiger partial charge is 0.492 e. The van der Waals surface area contributed by atoms with Gasteiger partial charge in [-0.25, -0.2) is 0 Å². The lowest BCUT2D eigenvalue weighted by atomic mass is 10.1. The number of benzene rings is 1. The predicted octanol–water partition coefficient (Wildman–Crippen LogP) is 0.737. The molecule has 13 heteroatoms. The molecule has 0 atom stereocenters. The van der Waals surface area contributed by atoms with Gasteiger partial charge in [0.2, 0.25) is 0 Å². The van der Waals surface area contributed by atoms with E-state index in [1.807, 2.05) is 0 Å². The number of guanidine groups is 2. The Kier molecular flexibility index (Phi) is 15.2. The van der Waals surface area contributed by atoms with Gasteiger partial charge in [-0.3, -0.25) is 14.8 Å². The Hall–Kier alpha value is -2.92. The number of halogens is 2. The molecule has 0 aliphatic heterocycles. The normalized spacial score (nSPS) is 10.6. The van der Waals surface area contributed by atoms with Crippen molar-refractivity contribution in [3.8, 4) is 5.75 Å². The van der Waals surface area contributed by atoms with Crippen molar-refractivity contribution in [2.45, 2.75) is 32.1 Å². The predicted molar refractivity (Wildman–Crippen MR) is 130 cm³/mol. The Bertz CT molecular complexity index is 795. The molecule has 0 aromatic heterocycles. The molecule has 32 heavy (non-hydrogen) atoms. The molecule has 180 valence electrons. The van der Waals surface area contributed by atoms with Gasteiger partial charge in [-0.1, -0.05) is 22.8 Å². The Balaban J connectivity index is 0.00000961. The molecule has 0 saturated heterocycles. The summed E-state index contributed by atoms with van der Waals surface area (Å²) in [4.78, 5) is 19.9. The average molecular weight is 491 g/mol.